The number of hydrogen-bond acceptors (Lipinski definition) is 8. The SMILES string of the molecule is CC1C(=O)N2CCCc3nc(NCc4ccc(Oc5cc(C(F)(F)F)nn5C5CC5)nc4)nc(c32)N1C. The van der Waals surface area contributed by atoms with Gasteiger partial charge in [0.1, 0.15) is 11.7 Å². The summed E-state index contributed by atoms with van der Waals surface area (Å²) in [7, 11) is 1.86. The molecule has 1 N–H and O–H groups in total. The maximum Gasteiger partial charge on any atom is 0.435 e. The van der Waals surface area contributed by atoms with Crippen LogP contribution in [-0.2, 0) is 23.9 Å². The maximum atomic E-state index is 13.1. The highest BCUT2D eigenvalue weighted by Crippen LogP contribution is 2.42. The van der Waals surface area contributed by atoms with Crippen LogP contribution in [0.2, 0.25) is 0 Å². The van der Waals surface area contributed by atoms with Crippen molar-refractivity contribution < 1.29 is 22.7 Å². The fourth-order valence-electron chi connectivity index (χ4n) is 4.61. The van der Waals surface area contributed by atoms with Gasteiger partial charge >= 0.3 is 6.18 Å². The summed E-state index contributed by atoms with van der Waals surface area (Å²) >= 11 is 0. The summed E-state index contributed by atoms with van der Waals surface area (Å²) in [6, 6.07) is 3.90. The zero-order valence-electron chi connectivity index (χ0n) is 20.3. The first-order chi connectivity index (χ1) is 17.7. The molecule has 0 bridgehead atoms. The van der Waals surface area contributed by atoms with E-state index >= 15 is 0 Å². The lowest BCUT2D eigenvalue weighted by Crippen LogP contribution is -2.53. The number of halogens is 3. The first-order valence-corrected chi connectivity index (χ1v) is 12.2. The van der Waals surface area contributed by atoms with E-state index in [1.165, 1.54) is 4.68 Å². The van der Waals surface area contributed by atoms with Crippen molar-refractivity contribution in [3.8, 4) is 11.8 Å². The summed E-state index contributed by atoms with van der Waals surface area (Å²) in [4.78, 5) is 29.9. The number of nitrogens with zero attached hydrogens (tertiary/aromatic N) is 7. The second-order valence-corrected chi connectivity index (χ2v) is 9.55. The van der Waals surface area contributed by atoms with E-state index in [0.29, 0.717) is 19.0 Å². The lowest BCUT2D eigenvalue weighted by Gasteiger charge is -2.41. The van der Waals surface area contributed by atoms with Crippen LogP contribution in [0, 0.1) is 0 Å². The van der Waals surface area contributed by atoms with Crippen molar-refractivity contribution in [3.05, 3.63) is 41.3 Å². The van der Waals surface area contributed by atoms with Gasteiger partial charge in [-0.15, -0.1) is 0 Å². The van der Waals surface area contributed by atoms with E-state index in [2.05, 4.69) is 25.4 Å². The zero-order chi connectivity index (χ0) is 25.9. The quantitative estimate of drug-likeness (QED) is 0.528. The summed E-state index contributed by atoms with van der Waals surface area (Å²) in [6.45, 7) is 2.92. The van der Waals surface area contributed by atoms with Crippen LogP contribution < -0.4 is 19.9 Å². The normalized spacial score (nSPS) is 19.2. The van der Waals surface area contributed by atoms with E-state index in [1.807, 2.05) is 18.9 Å². The lowest BCUT2D eigenvalue weighted by molar-refractivity contribution is -0.141. The first-order valence-electron chi connectivity index (χ1n) is 12.2. The fraction of sp³-hybridized carbons (Fsp3) is 0.458. The Labute approximate surface area is 210 Å². The van der Waals surface area contributed by atoms with Crippen LogP contribution in [-0.4, -0.2) is 50.3 Å². The van der Waals surface area contributed by atoms with E-state index in [-0.39, 0.29) is 29.8 Å². The number of anilines is 3. The molecule has 6 rings (SSSR count). The number of aromatic nitrogens is 5. The number of ether oxygens (including phenoxy) is 1. The third kappa shape index (κ3) is 4.31. The van der Waals surface area contributed by atoms with E-state index < -0.39 is 11.9 Å². The van der Waals surface area contributed by atoms with Crippen LogP contribution in [0.3, 0.4) is 0 Å². The predicted octanol–water partition coefficient (Wildman–Crippen LogP) is 3.94. The maximum absolute atomic E-state index is 13.1. The molecule has 0 spiro atoms. The van der Waals surface area contributed by atoms with Gasteiger partial charge in [0.05, 0.1) is 11.7 Å². The highest BCUT2D eigenvalue weighted by Gasteiger charge is 2.39. The Morgan fingerprint density at radius 3 is 2.73 bits per heavy atom. The van der Waals surface area contributed by atoms with E-state index in [1.54, 1.807) is 23.2 Å². The van der Waals surface area contributed by atoms with Crippen LogP contribution in [0.5, 0.6) is 11.8 Å². The lowest BCUT2D eigenvalue weighted by atomic mass is 10.0. The Morgan fingerprint density at radius 1 is 1.22 bits per heavy atom. The van der Waals surface area contributed by atoms with Crippen LogP contribution >= 0.6 is 0 Å². The molecule has 3 aliphatic rings. The number of likely N-dealkylation sites (N-methyl/N-ethyl adjacent to an activating group) is 1. The average Bonchev–Trinajstić information content (AvgIpc) is 3.63. The molecule has 0 aromatic carbocycles. The van der Waals surface area contributed by atoms with Gasteiger partial charge in [0.25, 0.3) is 0 Å². The molecule has 1 atom stereocenters. The summed E-state index contributed by atoms with van der Waals surface area (Å²) in [5, 5.41) is 6.90. The molecule has 3 aromatic rings. The molecule has 10 nitrogen and oxygen atoms in total. The van der Waals surface area contributed by atoms with E-state index in [0.717, 1.165) is 54.5 Å². The number of pyridine rings is 1. The number of carbonyl (C=O) groups excluding carboxylic acids is 1. The highest BCUT2D eigenvalue weighted by molar-refractivity contribution is 6.05. The number of rotatable bonds is 6. The van der Waals surface area contributed by atoms with Crippen molar-refractivity contribution in [1.29, 1.82) is 0 Å². The summed E-state index contributed by atoms with van der Waals surface area (Å²) in [5.41, 5.74) is 1.47. The molecule has 0 saturated heterocycles. The van der Waals surface area contributed by atoms with Crippen LogP contribution in [0.4, 0.5) is 30.6 Å². The van der Waals surface area contributed by atoms with Crippen molar-refractivity contribution >= 4 is 23.4 Å². The number of alkyl halides is 3. The van der Waals surface area contributed by atoms with E-state index in [9.17, 15) is 18.0 Å². The fourth-order valence-corrected chi connectivity index (χ4v) is 4.61. The van der Waals surface area contributed by atoms with Gasteiger partial charge in [-0.3, -0.25) is 4.79 Å². The van der Waals surface area contributed by atoms with Gasteiger partial charge in [0.2, 0.25) is 23.6 Å². The Kier molecular flexibility index (Phi) is 5.46. The van der Waals surface area contributed by atoms with Gasteiger partial charge in [-0.05, 0) is 38.2 Å². The Morgan fingerprint density at radius 2 is 2.03 bits per heavy atom. The number of amides is 1. The van der Waals surface area contributed by atoms with Crippen molar-refractivity contribution in [3.63, 3.8) is 0 Å². The van der Waals surface area contributed by atoms with E-state index in [4.69, 9.17) is 4.74 Å². The summed E-state index contributed by atoms with van der Waals surface area (Å²) in [5.74, 6) is 1.44. The molecule has 5 heterocycles. The van der Waals surface area contributed by atoms with Crippen LogP contribution in [0.25, 0.3) is 0 Å². The van der Waals surface area contributed by atoms with Crippen molar-refractivity contribution in [2.75, 3.05) is 28.7 Å². The number of nitrogens with one attached hydrogen (secondary N) is 1. The highest BCUT2D eigenvalue weighted by atomic mass is 19.4. The topological polar surface area (TPSA) is 101 Å². The minimum absolute atomic E-state index is 0.0236. The molecule has 1 fully saturated rings. The average molecular weight is 515 g/mol. The van der Waals surface area contributed by atoms with Crippen molar-refractivity contribution in [1.82, 2.24) is 24.7 Å². The number of aryl methyl sites for hydroxylation is 1. The molecule has 1 saturated carbocycles. The molecule has 194 valence electrons. The zero-order valence-corrected chi connectivity index (χ0v) is 20.3. The molecule has 1 aliphatic carbocycles. The molecule has 1 unspecified atom stereocenters. The molecule has 37 heavy (non-hydrogen) atoms. The summed E-state index contributed by atoms with van der Waals surface area (Å²) < 4.78 is 46.3. The Hall–Kier alpha value is -3.90. The molecule has 3 aromatic heterocycles. The Balaban J connectivity index is 1.16. The molecule has 13 heteroatoms. The van der Waals surface area contributed by atoms with Gasteiger partial charge in [-0.1, -0.05) is 6.07 Å². The number of hydrogen-bond donors (Lipinski definition) is 1. The van der Waals surface area contributed by atoms with Gasteiger partial charge in [0, 0.05) is 38.5 Å². The molecule has 0 radical (unpaired) electrons. The minimum atomic E-state index is -4.54. The van der Waals surface area contributed by atoms with Gasteiger partial charge in [0.15, 0.2) is 11.5 Å². The van der Waals surface area contributed by atoms with Gasteiger partial charge < -0.3 is 19.9 Å². The standard InChI is InChI=1S/C24H25F3N8O2/c1-13-22(36)34-9-3-4-16-20(34)21(33(13)2)31-23(30-16)29-12-14-5-8-18(28-11-14)37-19-10-17(24(25,26)27)32-35(19)15-6-7-15/h5,8,10-11,13,15H,3-4,6-7,9,12H2,1-2H3,(H,29,30,31). The molecular formula is C24H25F3N8O2. The predicted molar refractivity (Wildman–Crippen MR) is 128 cm³/mol. The monoisotopic (exact) mass is 514 g/mol. The second-order valence-electron chi connectivity index (χ2n) is 9.55. The number of carbonyl (C=O) groups is 1. The molecular weight excluding hydrogens is 489 g/mol. The van der Waals surface area contributed by atoms with Crippen LogP contribution in [0.15, 0.2) is 24.4 Å². The van der Waals surface area contributed by atoms with Gasteiger partial charge in [-0.2, -0.15) is 23.3 Å². The van der Waals surface area contributed by atoms with Crippen molar-refractivity contribution in [2.45, 2.75) is 57.4 Å². The van der Waals surface area contributed by atoms with Gasteiger partial charge in [-0.25, -0.2) is 14.6 Å². The smallest absolute Gasteiger partial charge is 0.421 e. The third-order valence-electron chi connectivity index (χ3n) is 6.88. The largest absolute Gasteiger partial charge is 0.435 e. The second kappa shape index (κ2) is 8.60. The minimum Gasteiger partial charge on any atom is -0.421 e. The van der Waals surface area contributed by atoms with Crippen molar-refractivity contribution in [2.24, 2.45) is 0 Å². The molecule has 2 aliphatic heterocycles. The summed E-state index contributed by atoms with van der Waals surface area (Å²) in [6.07, 6.45) is 0.194. The molecule has 1 amide bonds. The first kappa shape index (κ1) is 23.5. The Bertz CT molecular complexity index is 1350. The third-order valence-corrected chi connectivity index (χ3v) is 6.88. The van der Waals surface area contributed by atoms with Crippen LogP contribution in [0.1, 0.15) is 49.2 Å².